The lowest BCUT2D eigenvalue weighted by atomic mass is 9.69. The normalized spacial score (nSPS) is 33.0. The van der Waals surface area contributed by atoms with Crippen molar-refractivity contribution in [1.82, 2.24) is 0 Å². The molecule has 0 radical (unpaired) electrons. The molecule has 2 fully saturated rings. The molecule has 2 aliphatic carbocycles. The maximum absolute atomic E-state index is 12.9. The molecule has 118 valence electrons. The van der Waals surface area contributed by atoms with E-state index in [1.165, 1.54) is 24.8 Å². The molecular weight excluding hydrogens is 285 g/mol. The van der Waals surface area contributed by atoms with E-state index in [4.69, 9.17) is 0 Å². The summed E-state index contributed by atoms with van der Waals surface area (Å²) in [5, 5.41) is 2.56. The van der Waals surface area contributed by atoms with Gasteiger partial charge in [0.1, 0.15) is 5.82 Å². The molecule has 1 nitrogen and oxygen atoms in total. The van der Waals surface area contributed by atoms with E-state index in [0.29, 0.717) is 10.8 Å². The van der Waals surface area contributed by atoms with Gasteiger partial charge in [-0.05, 0) is 41.9 Å². The van der Waals surface area contributed by atoms with Gasteiger partial charge in [0, 0.05) is 18.3 Å². The smallest absolute Gasteiger partial charge is 0.123 e. The number of nitrogens with two attached hydrogens (primary N) is 1. The Labute approximate surface area is 134 Å². The van der Waals surface area contributed by atoms with Gasteiger partial charge in [-0.1, -0.05) is 32.9 Å². The summed E-state index contributed by atoms with van der Waals surface area (Å²) < 4.78 is 12.9. The van der Waals surface area contributed by atoms with E-state index < -0.39 is 0 Å². The molecule has 0 saturated heterocycles. The number of hydrogen-bond donors (Lipinski definition) is 1. The quantitative estimate of drug-likeness (QED) is 0.815. The maximum atomic E-state index is 12.9. The third-order valence-electron chi connectivity index (χ3n) is 6.66. The zero-order chi connectivity index (χ0) is 14.4. The van der Waals surface area contributed by atoms with E-state index in [1.54, 1.807) is 12.1 Å². The van der Waals surface area contributed by atoms with Crippen LogP contribution in [-0.2, 0) is 6.42 Å². The van der Waals surface area contributed by atoms with Crippen LogP contribution in [0.5, 0.6) is 0 Å². The van der Waals surface area contributed by atoms with Crippen molar-refractivity contribution in [2.24, 2.45) is 16.7 Å². The van der Waals surface area contributed by atoms with Crippen LogP contribution in [-0.4, -0.2) is 12.6 Å². The third-order valence-corrected chi connectivity index (χ3v) is 6.66. The standard InChI is InChI=1S/C18H26FN.ClH/c1-17(2)14-8-10-18(17,3)16(12-14)20-11-9-13-4-6-15(19)7-5-13;/h4-7,14,16,20H,8-12H2,1-3H3;1H. The molecule has 0 amide bonds. The molecule has 0 aromatic heterocycles. The van der Waals surface area contributed by atoms with E-state index in [1.807, 2.05) is 12.1 Å². The summed E-state index contributed by atoms with van der Waals surface area (Å²) in [6, 6.07) is 7.73. The monoisotopic (exact) mass is 311 g/mol. The maximum Gasteiger partial charge on any atom is 0.123 e. The highest BCUT2D eigenvalue weighted by atomic mass is 35.5. The predicted molar refractivity (Wildman–Crippen MR) is 79.9 cm³/mol. The van der Waals surface area contributed by atoms with E-state index in [0.717, 1.165) is 24.9 Å². The predicted octanol–water partition coefficient (Wildman–Crippen LogP) is 0.150. The topological polar surface area (TPSA) is 16.6 Å². The van der Waals surface area contributed by atoms with Crippen LogP contribution in [0.1, 0.15) is 45.6 Å². The second-order valence-corrected chi connectivity index (χ2v) is 7.62. The largest absolute Gasteiger partial charge is 1.00 e. The number of benzene rings is 1. The Morgan fingerprint density at radius 2 is 1.86 bits per heavy atom. The SMILES string of the molecule is CC1(C)C2CCC1(C)C([NH2+]CCc1ccc(F)cc1)C2.[Cl-]. The van der Waals surface area contributed by atoms with E-state index in [9.17, 15) is 4.39 Å². The van der Waals surface area contributed by atoms with Gasteiger partial charge in [-0.3, -0.25) is 0 Å². The average Bonchev–Trinajstić information content (AvgIpc) is 2.74. The van der Waals surface area contributed by atoms with E-state index >= 15 is 0 Å². The van der Waals surface area contributed by atoms with Gasteiger partial charge in [-0.25, -0.2) is 4.39 Å². The van der Waals surface area contributed by atoms with Crippen LogP contribution in [0.15, 0.2) is 24.3 Å². The van der Waals surface area contributed by atoms with Crippen molar-refractivity contribution in [3.8, 4) is 0 Å². The number of hydrogen-bond acceptors (Lipinski definition) is 0. The first-order valence-corrected chi connectivity index (χ1v) is 8.01. The fraction of sp³-hybridized carbons (Fsp3) is 0.667. The second kappa shape index (κ2) is 5.89. The summed E-state index contributed by atoms with van der Waals surface area (Å²) in [5.74, 6) is 0.777. The highest BCUT2D eigenvalue weighted by Gasteiger charge is 2.63. The second-order valence-electron chi connectivity index (χ2n) is 7.62. The average molecular weight is 312 g/mol. The summed E-state index contributed by atoms with van der Waals surface area (Å²) in [5.41, 5.74) is 2.25. The fourth-order valence-corrected chi connectivity index (χ4v) is 4.72. The number of quaternary nitrogens is 1. The van der Waals surface area contributed by atoms with Gasteiger partial charge in [0.25, 0.3) is 0 Å². The molecular formula is C18H27ClFN. The molecule has 0 heterocycles. The molecule has 3 heteroatoms. The van der Waals surface area contributed by atoms with Crippen molar-refractivity contribution >= 4 is 0 Å². The molecule has 2 bridgehead atoms. The van der Waals surface area contributed by atoms with Crippen molar-refractivity contribution in [2.75, 3.05) is 6.54 Å². The first kappa shape index (κ1) is 16.8. The first-order chi connectivity index (χ1) is 9.43. The molecule has 1 aromatic carbocycles. The van der Waals surface area contributed by atoms with Gasteiger partial charge >= 0.3 is 0 Å². The molecule has 2 aliphatic rings. The van der Waals surface area contributed by atoms with Crippen molar-refractivity contribution < 1.29 is 22.1 Å². The van der Waals surface area contributed by atoms with Crippen LogP contribution in [0, 0.1) is 22.6 Å². The van der Waals surface area contributed by atoms with Gasteiger partial charge in [-0.2, -0.15) is 0 Å². The molecule has 3 rings (SSSR count). The molecule has 2 saturated carbocycles. The van der Waals surface area contributed by atoms with Crippen molar-refractivity contribution in [1.29, 1.82) is 0 Å². The Morgan fingerprint density at radius 1 is 1.19 bits per heavy atom. The van der Waals surface area contributed by atoms with Crippen molar-refractivity contribution in [3.05, 3.63) is 35.6 Å². The summed E-state index contributed by atoms with van der Waals surface area (Å²) >= 11 is 0. The minimum atomic E-state index is -0.139. The summed E-state index contributed by atoms with van der Waals surface area (Å²) in [4.78, 5) is 0. The summed E-state index contributed by atoms with van der Waals surface area (Å²) in [6.45, 7) is 8.56. The lowest BCUT2D eigenvalue weighted by Gasteiger charge is -2.37. The van der Waals surface area contributed by atoms with Crippen LogP contribution in [0.2, 0.25) is 0 Å². The molecule has 0 spiro atoms. The molecule has 3 atom stereocenters. The molecule has 3 unspecified atom stereocenters. The zero-order valence-electron chi connectivity index (χ0n) is 13.3. The van der Waals surface area contributed by atoms with Gasteiger partial charge in [0.15, 0.2) is 0 Å². The minimum Gasteiger partial charge on any atom is -1.00 e. The summed E-state index contributed by atoms with van der Waals surface area (Å²) in [6.07, 6.45) is 5.24. The summed E-state index contributed by atoms with van der Waals surface area (Å²) in [7, 11) is 0. The molecule has 0 aliphatic heterocycles. The van der Waals surface area contributed by atoms with Crippen LogP contribution in [0.25, 0.3) is 0 Å². The van der Waals surface area contributed by atoms with Gasteiger partial charge in [0.05, 0.1) is 12.6 Å². The zero-order valence-corrected chi connectivity index (χ0v) is 14.1. The van der Waals surface area contributed by atoms with Crippen LogP contribution >= 0.6 is 0 Å². The van der Waals surface area contributed by atoms with Gasteiger partial charge in [-0.15, -0.1) is 0 Å². The Hall–Kier alpha value is -0.600. The number of fused-ring (bicyclic) bond motifs is 2. The van der Waals surface area contributed by atoms with E-state index in [2.05, 4.69) is 26.1 Å². The lowest BCUT2D eigenvalue weighted by molar-refractivity contribution is -0.701. The van der Waals surface area contributed by atoms with Gasteiger partial charge < -0.3 is 17.7 Å². The number of halogens is 2. The van der Waals surface area contributed by atoms with Crippen molar-refractivity contribution in [3.63, 3.8) is 0 Å². The lowest BCUT2D eigenvalue weighted by Crippen LogP contribution is -3.00. The van der Waals surface area contributed by atoms with E-state index in [-0.39, 0.29) is 18.2 Å². The highest BCUT2D eigenvalue weighted by molar-refractivity contribution is 5.16. The molecule has 21 heavy (non-hydrogen) atoms. The Kier molecular flexibility index (Phi) is 4.70. The van der Waals surface area contributed by atoms with Crippen LogP contribution < -0.4 is 17.7 Å². The fourth-order valence-electron chi connectivity index (χ4n) is 4.72. The number of rotatable bonds is 4. The Morgan fingerprint density at radius 3 is 2.38 bits per heavy atom. The minimum absolute atomic E-state index is 0. The Balaban J connectivity index is 0.00000161. The molecule has 1 aromatic rings. The first-order valence-electron chi connectivity index (χ1n) is 8.01. The van der Waals surface area contributed by atoms with Crippen LogP contribution in [0.4, 0.5) is 4.39 Å². The third kappa shape index (κ3) is 2.73. The Bertz CT molecular complexity index is 484. The highest BCUT2D eigenvalue weighted by Crippen LogP contribution is 2.64. The van der Waals surface area contributed by atoms with Crippen LogP contribution in [0.3, 0.4) is 0 Å². The van der Waals surface area contributed by atoms with Gasteiger partial charge in [0.2, 0.25) is 0 Å². The molecule has 2 N–H and O–H groups in total. The van der Waals surface area contributed by atoms with Crippen molar-refractivity contribution in [2.45, 2.75) is 52.5 Å².